The van der Waals surface area contributed by atoms with Crippen molar-refractivity contribution in [3.05, 3.63) is 63.6 Å². The molecule has 1 atom stereocenters. The van der Waals surface area contributed by atoms with E-state index in [0.29, 0.717) is 27.2 Å². The van der Waals surface area contributed by atoms with E-state index in [4.69, 9.17) is 23.2 Å². The molecule has 8 heteroatoms. The van der Waals surface area contributed by atoms with Gasteiger partial charge in [-0.15, -0.1) is 5.10 Å². The smallest absolute Gasteiger partial charge is 0.239 e. The largest absolute Gasteiger partial charge is 0.507 e. The van der Waals surface area contributed by atoms with Gasteiger partial charge in [-0.05, 0) is 30.2 Å². The second-order valence-electron chi connectivity index (χ2n) is 5.22. The van der Waals surface area contributed by atoms with Crippen LogP contribution in [0.4, 0.5) is 0 Å². The maximum absolute atomic E-state index is 12.1. The van der Waals surface area contributed by atoms with Crippen LogP contribution in [0.3, 0.4) is 0 Å². The number of hydrogen-bond acceptors (Lipinski definition) is 5. The highest BCUT2D eigenvalue weighted by Gasteiger charge is 2.31. The summed E-state index contributed by atoms with van der Waals surface area (Å²) >= 11 is 13.5. The standard InChI is InChI=1S/C17H13Cl2N3O2S/c18-12-6-3-5-10(15(12)19)8-14-16(24)21-17(25-14)22-20-9-11-4-1-2-7-13(11)23/h1-7,9,14,23H,8H2,(H,21,22,24)/b20-9+/t14-/m0/s1. The molecule has 1 heterocycles. The van der Waals surface area contributed by atoms with Crippen molar-refractivity contribution in [2.45, 2.75) is 11.7 Å². The fourth-order valence-electron chi connectivity index (χ4n) is 2.23. The van der Waals surface area contributed by atoms with Gasteiger partial charge in [-0.25, -0.2) is 0 Å². The number of aromatic hydroxyl groups is 1. The molecule has 2 aromatic rings. The Labute approximate surface area is 158 Å². The summed E-state index contributed by atoms with van der Waals surface area (Å²) < 4.78 is 0. The Balaban J connectivity index is 1.68. The fourth-order valence-corrected chi connectivity index (χ4v) is 3.58. The number of carbonyl (C=O) groups excluding carboxylic acids is 1. The van der Waals surface area contributed by atoms with Crippen molar-refractivity contribution in [3.63, 3.8) is 0 Å². The van der Waals surface area contributed by atoms with Crippen molar-refractivity contribution in [1.29, 1.82) is 0 Å². The Morgan fingerprint density at radius 2 is 2.00 bits per heavy atom. The van der Waals surface area contributed by atoms with Gasteiger partial charge in [0.15, 0.2) is 5.17 Å². The number of benzene rings is 2. The first-order valence-electron chi connectivity index (χ1n) is 7.34. The number of hydrogen-bond donors (Lipinski definition) is 2. The lowest BCUT2D eigenvalue weighted by atomic mass is 10.1. The van der Waals surface area contributed by atoms with E-state index in [9.17, 15) is 9.90 Å². The molecule has 128 valence electrons. The molecule has 0 aromatic heterocycles. The van der Waals surface area contributed by atoms with Gasteiger partial charge in [0.2, 0.25) is 5.91 Å². The van der Waals surface area contributed by atoms with Crippen LogP contribution >= 0.6 is 35.0 Å². The molecule has 1 aliphatic rings. The average Bonchev–Trinajstić information content (AvgIpc) is 2.93. The van der Waals surface area contributed by atoms with Crippen molar-refractivity contribution in [3.8, 4) is 5.75 Å². The van der Waals surface area contributed by atoms with E-state index in [1.54, 1.807) is 36.4 Å². The van der Waals surface area contributed by atoms with Crippen LogP contribution < -0.4 is 5.32 Å². The van der Waals surface area contributed by atoms with E-state index in [2.05, 4.69) is 15.5 Å². The van der Waals surface area contributed by atoms with Gasteiger partial charge >= 0.3 is 0 Å². The van der Waals surface area contributed by atoms with Crippen molar-refractivity contribution >= 4 is 52.3 Å². The normalized spacial score (nSPS) is 18.9. The summed E-state index contributed by atoms with van der Waals surface area (Å²) in [4.78, 5) is 12.1. The van der Waals surface area contributed by atoms with Gasteiger partial charge in [0.25, 0.3) is 0 Å². The number of amides is 1. The highest BCUT2D eigenvalue weighted by Crippen LogP contribution is 2.30. The van der Waals surface area contributed by atoms with E-state index < -0.39 is 0 Å². The van der Waals surface area contributed by atoms with Crippen LogP contribution in [0, 0.1) is 0 Å². The monoisotopic (exact) mass is 393 g/mol. The summed E-state index contributed by atoms with van der Waals surface area (Å²) in [6.07, 6.45) is 1.87. The molecule has 1 saturated heterocycles. The molecule has 2 N–H and O–H groups in total. The second-order valence-corrected chi connectivity index (χ2v) is 7.20. The topological polar surface area (TPSA) is 74.0 Å². The van der Waals surface area contributed by atoms with Crippen LogP contribution in [0.2, 0.25) is 10.0 Å². The van der Waals surface area contributed by atoms with E-state index in [0.717, 1.165) is 5.56 Å². The molecule has 1 aliphatic heterocycles. The maximum Gasteiger partial charge on any atom is 0.239 e. The Kier molecular flexibility index (Phi) is 5.63. The molecule has 0 radical (unpaired) electrons. The van der Waals surface area contributed by atoms with Crippen molar-refractivity contribution in [1.82, 2.24) is 5.32 Å². The minimum absolute atomic E-state index is 0.114. The number of phenolic OH excluding ortho intramolecular Hbond substituents is 1. The van der Waals surface area contributed by atoms with Crippen molar-refractivity contribution in [2.75, 3.05) is 0 Å². The van der Waals surface area contributed by atoms with Crippen LogP contribution in [0.25, 0.3) is 0 Å². The van der Waals surface area contributed by atoms with Crippen molar-refractivity contribution in [2.24, 2.45) is 10.2 Å². The predicted molar refractivity (Wildman–Crippen MR) is 103 cm³/mol. The molecule has 0 saturated carbocycles. The van der Waals surface area contributed by atoms with E-state index in [-0.39, 0.29) is 16.9 Å². The maximum atomic E-state index is 12.1. The number of thioether (sulfide) groups is 1. The molecule has 0 aliphatic carbocycles. The van der Waals surface area contributed by atoms with Gasteiger partial charge in [-0.1, -0.05) is 59.2 Å². The quantitative estimate of drug-likeness (QED) is 0.611. The van der Waals surface area contributed by atoms with Crippen LogP contribution in [0.5, 0.6) is 5.75 Å². The lowest BCUT2D eigenvalue weighted by Crippen LogP contribution is -2.26. The molecule has 5 nitrogen and oxygen atoms in total. The number of phenols is 1. The molecule has 0 bridgehead atoms. The van der Waals surface area contributed by atoms with Crippen LogP contribution in [0.1, 0.15) is 11.1 Å². The molecule has 2 aromatic carbocycles. The molecule has 1 amide bonds. The first-order chi connectivity index (χ1) is 12.0. The minimum atomic E-state index is -0.352. The first-order valence-corrected chi connectivity index (χ1v) is 8.97. The van der Waals surface area contributed by atoms with Crippen LogP contribution in [0.15, 0.2) is 52.7 Å². The highest BCUT2D eigenvalue weighted by molar-refractivity contribution is 8.15. The third kappa shape index (κ3) is 4.34. The summed E-state index contributed by atoms with van der Waals surface area (Å²) in [5.41, 5.74) is 1.35. The number of amidine groups is 1. The summed E-state index contributed by atoms with van der Waals surface area (Å²) in [5, 5.41) is 21.2. The van der Waals surface area contributed by atoms with Gasteiger partial charge in [0, 0.05) is 5.56 Å². The summed E-state index contributed by atoms with van der Waals surface area (Å²) in [7, 11) is 0. The van der Waals surface area contributed by atoms with Gasteiger partial charge in [0.05, 0.1) is 21.5 Å². The van der Waals surface area contributed by atoms with Gasteiger partial charge in [-0.3, -0.25) is 4.79 Å². The van der Waals surface area contributed by atoms with Crippen LogP contribution in [-0.2, 0) is 11.2 Å². The van der Waals surface area contributed by atoms with E-state index in [1.165, 1.54) is 18.0 Å². The second kappa shape index (κ2) is 7.91. The molecule has 3 rings (SSSR count). The van der Waals surface area contributed by atoms with Gasteiger partial charge < -0.3 is 10.4 Å². The Morgan fingerprint density at radius 1 is 1.20 bits per heavy atom. The van der Waals surface area contributed by atoms with Gasteiger partial charge in [-0.2, -0.15) is 5.10 Å². The van der Waals surface area contributed by atoms with E-state index >= 15 is 0 Å². The molecule has 25 heavy (non-hydrogen) atoms. The van der Waals surface area contributed by atoms with E-state index in [1.807, 2.05) is 6.07 Å². The molecule has 0 spiro atoms. The average molecular weight is 394 g/mol. The highest BCUT2D eigenvalue weighted by atomic mass is 35.5. The zero-order valence-corrected chi connectivity index (χ0v) is 15.1. The Bertz CT molecular complexity index is 871. The van der Waals surface area contributed by atoms with Crippen molar-refractivity contribution < 1.29 is 9.90 Å². The Hall–Kier alpha value is -2.02. The molecule has 0 unspecified atom stereocenters. The number of para-hydroxylation sites is 1. The lowest BCUT2D eigenvalue weighted by molar-refractivity contribution is -0.118. The van der Waals surface area contributed by atoms with Gasteiger partial charge in [0.1, 0.15) is 5.75 Å². The third-order valence-corrected chi connectivity index (χ3v) is 5.43. The minimum Gasteiger partial charge on any atom is -0.507 e. The predicted octanol–water partition coefficient (Wildman–Crippen LogP) is 3.86. The fraction of sp³-hybridized carbons (Fsp3) is 0.118. The summed E-state index contributed by atoms with van der Waals surface area (Å²) in [6.45, 7) is 0. The number of nitrogens with one attached hydrogen (secondary N) is 1. The third-order valence-electron chi connectivity index (χ3n) is 3.50. The number of nitrogens with zero attached hydrogens (tertiary/aromatic N) is 2. The zero-order chi connectivity index (χ0) is 17.8. The SMILES string of the molecule is O=C1N/C(=N\N=C\c2ccccc2O)S[C@H]1Cc1cccc(Cl)c1Cl. The van der Waals surface area contributed by atoms with Crippen LogP contribution in [-0.4, -0.2) is 27.6 Å². The Morgan fingerprint density at radius 3 is 2.80 bits per heavy atom. The number of carbonyl (C=O) groups is 1. The summed E-state index contributed by atoms with van der Waals surface area (Å²) in [6, 6.07) is 12.1. The number of halogens is 2. The molecular formula is C17H13Cl2N3O2S. The molecule has 1 fully saturated rings. The number of rotatable bonds is 4. The summed E-state index contributed by atoms with van der Waals surface area (Å²) in [5.74, 6) is -0.0411. The zero-order valence-electron chi connectivity index (χ0n) is 12.8. The lowest BCUT2D eigenvalue weighted by Gasteiger charge is -2.08. The molecular weight excluding hydrogens is 381 g/mol. The first kappa shape index (κ1) is 17.8.